The van der Waals surface area contributed by atoms with Crippen LogP contribution < -0.4 is 15.1 Å². The zero-order valence-electron chi connectivity index (χ0n) is 24.3. The van der Waals surface area contributed by atoms with Gasteiger partial charge < -0.3 is 4.74 Å². The van der Waals surface area contributed by atoms with Gasteiger partial charge in [0.05, 0.1) is 17.9 Å². The average Bonchev–Trinajstić information content (AvgIpc) is 2.97. The van der Waals surface area contributed by atoms with Crippen LogP contribution in [0.25, 0.3) is 0 Å². The van der Waals surface area contributed by atoms with E-state index in [0.29, 0.717) is 16.5 Å². The van der Waals surface area contributed by atoms with Crippen LogP contribution in [0.4, 0.5) is 4.39 Å². The number of carbonyl (C=O) groups is 1. The quantitative estimate of drug-likeness (QED) is 0.179. The summed E-state index contributed by atoms with van der Waals surface area (Å²) in [4.78, 5) is 14.2. The third kappa shape index (κ3) is 6.75. The molecule has 0 aliphatic carbocycles. The molecule has 3 atom stereocenters. The molecule has 4 rings (SSSR count). The smallest absolute Gasteiger partial charge is 0.314 e. The summed E-state index contributed by atoms with van der Waals surface area (Å²) in [7, 11) is -3.00. The van der Waals surface area contributed by atoms with Crippen LogP contribution in [-0.4, -0.2) is 31.4 Å². The average molecular weight is 588 g/mol. The van der Waals surface area contributed by atoms with Crippen molar-refractivity contribution < 1.29 is 18.1 Å². The second-order valence-electron chi connectivity index (χ2n) is 11.5. The highest BCUT2D eigenvalue weighted by Gasteiger charge is 2.51. The first-order valence-corrected chi connectivity index (χ1v) is 17.1. The summed E-state index contributed by atoms with van der Waals surface area (Å²) in [6, 6.07) is 34.3. The molecule has 7 heteroatoms. The van der Waals surface area contributed by atoms with Gasteiger partial charge in [0.2, 0.25) is 0 Å². The first kappa shape index (κ1) is 30.6. The molecule has 0 spiro atoms. The maximum absolute atomic E-state index is 14.0. The Hall–Kier alpha value is -3.39. The number of ether oxygens (including phenoxy) is 1. The number of esters is 1. The van der Waals surface area contributed by atoms with Gasteiger partial charge in [-0.2, -0.15) is 0 Å². The van der Waals surface area contributed by atoms with E-state index in [1.807, 2.05) is 43.3 Å². The zero-order valence-corrected chi connectivity index (χ0v) is 26.1. The number of hydrogen-bond acceptors (Lipinski definition) is 3. The molecule has 214 valence electrons. The molecular weight excluding hydrogens is 550 g/mol. The molecule has 0 unspecified atom stereocenters. The highest BCUT2D eigenvalue weighted by Crippen LogP contribution is 2.41. The Balaban J connectivity index is 1.94. The molecule has 4 aromatic rings. The number of rotatable bonds is 10. The van der Waals surface area contributed by atoms with Crippen LogP contribution in [0.2, 0.25) is 11.1 Å². The largest absolute Gasteiger partial charge is 0.469 e. The summed E-state index contributed by atoms with van der Waals surface area (Å²) in [5.74, 6) is -1.68. The molecule has 0 radical (unpaired) electrons. The van der Waals surface area contributed by atoms with E-state index >= 15 is 0 Å². The first-order chi connectivity index (χ1) is 19.6. The standard InChI is InChI=1S/C34H38FNO3SSi/c1-25-16-22-28(23-17-25)40(38)36-31(32(33(37)39-5)26-18-20-27(35)21-19-26)24-41(34(2,3)4,29-12-8-6-9-13-29)30-14-10-7-11-15-30/h6-23,31-32,36H,24H2,1-5H3/t31-,32-,40-/m0/s1. The van der Waals surface area contributed by atoms with E-state index < -0.39 is 42.8 Å². The minimum atomic E-state index is -2.73. The third-order valence-electron chi connectivity index (χ3n) is 7.92. The van der Waals surface area contributed by atoms with E-state index in [-0.39, 0.29) is 5.04 Å². The maximum atomic E-state index is 14.0. The van der Waals surface area contributed by atoms with Gasteiger partial charge in [-0.1, -0.05) is 122 Å². The molecule has 0 aromatic heterocycles. The molecular formula is C34H38FNO3SSi. The van der Waals surface area contributed by atoms with Crippen molar-refractivity contribution in [3.63, 3.8) is 0 Å². The summed E-state index contributed by atoms with van der Waals surface area (Å²) >= 11 is 0. The molecule has 0 saturated heterocycles. The topological polar surface area (TPSA) is 55.4 Å². The number of nitrogens with one attached hydrogen (secondary N) is 1. The SMILES string of the molecule is COC(=O)[C@@H](c1ccc(F)cc1)[C@H](C[Si](c1ccccc1)(c1ccccc1)C(C)(C)C)N[S@@](=O)c1ccc(C)cc1. The van der Waals surface area contributed by atoms with E-state index in [1.165, 1.54) is 29.6 Å². The maximum Gasteiger partial charge on any atom is 0.314 e. The number of aryl methyl sites for hydroxylation is 1. The lowest BCUT2D eigenvalue weighted by molar-refractivity contribution is -0.143. The molecule has 41 heavy (non-hydrogen) atoms. The Morgan fingerprint density at radius 3 is 1.83 bits per heavy atom. The Morgan fingerprint density at radius 1 is 0.854 bits per heavy atom. The fourth-order valence-electron chi connectivity index (χ4n) is 5.77. The van der Waals surface area contributed by atoms with Crippen molar-refractivity contribution >= 4 is 35.4 Å². The van der Waals surface area contributed by atoms with Crippen molar-refractivity contribution in [3.8, 4) is 0 Å². The lowest BCUT2D eigenvalue weighted by atomic mass is 9.93. The molecule has 0 fully saturated rings. The van der Waals surface area contributed by atoms with Crippen LogP contribution in [0.15, 0.2) is 114 Å². The monoisotopic (exact) mass is 587 g/mol. The molecule has 0 saturated carbocycles. The predicted molar refractivity (Wildman–Crippen MR) is 168 cm³/mol. The number of methoxy groups -OCH3 is 1. The number of hydrogen-bond donors (Lipinski definition) is 1. The molecule has 0 aliphatic rings. The summed E-state index contributed by atoms with van der Waals surface area (Å²) in [5.41, 5.74) is 1.67. The van der Waals surface area contributed by atoms with Gasteiger partial charge in [-0.25, -0.2) is 13.3 Å². The second-order valence-corrected chi connectivity index (χ2v) is 17.6. The molecule has 0 bridgehead atoms. The lowest BCUT2D eigenvalue weighted by Gasteiger charge is -2.47. The summed E-state index contributed by atoms with van der Waals surface area (Å²) in [6.07, 6.45) is 0. The van der Waals surface area contributed by atoms with Crippen molar-refractivity contribution in [2.75, 3.05) is 7.11 Å². The van der Waals surface area contributed by atoms with Crippen LogP contribution >= 0.6 is 0 Å². The molecule has 0 amide bonds. The number of benzene rings is 4. The van der Waals surface area contributed by atoms with Gasteiger partial charge in [-0.3, -0.25) is 4.79 Å². The summed E-state index contributed by atoms with van der Waals surface area (Å²) in [6.45, 7) is 8.72. The molecule has 4 nitrogen and oxygen atoms in total. The van der Waals surface area contributed by atoms with Crippen LogP contribution in [0, 0.1) is 12.7 Å². The normalized spacial score (nSPS) is 14.2. The predicted octanol–water partition coefficient (Wildman–Crippen LogP) is 6.14. The number of carbonyl (C=O) groups excluding carboxylic acids is 1. The molecule has 1 N–H and O–H groups in total. The lowest BCUT2D eigenvalue weighted by Crippen LogP contribution is -2.67. The fourth-order valence-corrected chi connectivity index (χ4v) is 12.6. The Labute approximate surface area is 246 Å². The Kier molecular flexibility index (Phi) is 9.74. The van der Waals surface area contributed by atoms with Gasteiger partial charge in [-0.05, 0) is 47.8 Å². The highest BCUT2D eigenvalue weighted by atomic mass is 32.2. The van der Waals surface area contributed by atoms with Crippen molar-refractivity contribution in [1.82, 2.24) is 4.72 Å². The molecule has 0 aliphatic heterocycles. The van der Waals surface area contributed by atoms with E-state index in [1.54, 1.807) is 12.1 Å². The Bertz CT molecular complexity index is 1420. The number of halogens is 1. The van der Waals surface area contributed by atoms with E-state index in [4.69, 9.17) is 4.74 Å². The third-order valence-corrected chi connectivity index (χ3v) is 15.4. The van der Waals surface area contributed by atoms with Gasteiger partial charge in [-0.15, -0.1) is 0 Å². The Morgan fingerprint density at radius 2 is 1.37 bits per heavy atom. The van der Waals surface area contributed by atoms with Crippen molar-refractivity contribution in [2.45, 2.75) is 55.6 Å². The second kappa shape index (κ2) is 13.1. The van der Waals surface area contributed by atoms with Crippen molar-refractivity contribution in [2.24, 2.45) is 0 Å². The van der Waals surface area contributed by atoms with E-state index in [9.17, 15) is 13.4 Å². The first-order valence-electron chi connectivity index (χ1n) is 13.8. The zero-order chi connectivity index (χ0) is 29.6. The van der Waals surface area contributed by atoms with Crippen molar-refractivity contribution in [1.29, 1.82) is 0 Å². The van der Waals surface area contributed by atoms with E-state index in [2.05, 4.69) is 74.0 Å². The van der Waals surface area contributed by atoms with E-state index in [0.717, 1.165) is 5.56 Å². The van der Waals surface area contributed by atoms with Gasteiger partial charge in [0, 0.05) is 6.04 Å². The van der Waals surface area contributed by atoms with Gasteiger partial charge in [0.1, 0.15) is 24.9 Å². The van der Waals surface area contributed by atoms with Crippen LogP contribution in [0.3, 0.4) is 0 Å². The molecule has 4 aromatic carbocycles. The van der Waals surface area contributed by atoms with Crippen LogP contribution in [0.5, 0.6) is 0 Å². The van der Waals surface area contributed by atoms with Gasteiger partial charge >= 0.3 is 5.97 Å². The minimum Gasteiger partial charge on any atom is -0.469 e. The summed E-state index contributed by atoms with van der Waals surface area (Å²) in [5, 5.41) is 2.23. The minimum absolute atomic E-state index is 0.204. The van der Waals surface area contributed by atoms with Crippen LogP contribution in [-0.2, 0) is 20.5 Å². The van der Waals surface area contributed by atoms with Crippen molar-refractivity contribution in [3.05, 3.63) is 126 Å². The van der Waals surface area contributed by atoms with Gasteiger partial charge in [0.15, 0.2) is 0 Å². The molecule has 0 heterocycles. The fraction of sp³-hybridized carbons (Fsp3) is 0.265. The highest BCUT2D eigenvalue weighted by molar-refractivity contribution is 7.83. The summed E-state index contributed by atoms with van der Waals surface area (Å²) < 4.78 is 36.6. The van der Waals surface area contributed by atoms with Crippen LogP contribution in [0.1, 0.15) is 37.8 Å². The van der Waals surface area contributed by atoms with Gasteiger partial charge in [0.25, 0.3) is 0 Å².